The predicted octanol–water partition coefficient (Wildman–Crippen LogP) is 3.27. The van der Waals surface area contributed by atoms with E-state index in [-0.39, 0.29) is 5.41 Å². The number of Topliss-reactive ketones (excluding diaryl/α,β-unsaturated/α-hetero) is 1. The Morgan fingerprint density at radius 1 is 1.71 bits per heavy atom. The van der Waals surface area contributed by atoms with Crippen molar-refractivity contribution in [1.29, 1.82) is 0 Å². The molecule has 1 fully saturated rings. The van der Waals surface area contributed by atoms with Crippen molar-refractivity contribution in [3.63, 3.8) is 0 Å². The van der Waals surface area contributed by atoms with Gasteiger partial charge in [-0.1, -0.05) is 19.1 Å². The normalized spacial score (nSPS) is 36.5. The van der Waals surface area contributed by atoms with Gasteiger partial charge in [0.1, 0.15) is 0 Å². The van der Waals surface area contributed by atoms with E-state index < -0.39 is 0 Å². The lowest BCUT2D eigenvalue weighted by molar-refractivity contribution is -0.118. The highest BCUT2D eigenvalue weighted by Crippen LogP contribution is 2.53. The number of hydrogen-bond donors (Lipinski definition) is 0. The molecule has 76 valence electrons. The molecule has 0 N–H and O–H groups in total. The van der Waals surface area contributed by atoms with Gasteiger partial charge in [0.2, 0.25) is 0 Å². The van der Waals surface area contributed by atoms with Gasteiger partial charge in [-0.05, 0) is 37.2 Å². The first-order chi connectivity index (χ1) is 6.70. The van der Waals surface area contributed by atoms with Gasteiger partial charge in [0.25, 0.3) is 0 Å². The maximum Gasteiger partial charge on any atom is 0.159 e. The van der Waals surface area contributed by atoms with Crippen molar-refractivity contribution in [3.05, 3.63) is 24.3 Å². The average Bonchev–Trinajstić information content (AvgIpc) is 2.47. The quantitative estimate of drug-likeness (QED) is 0.611. The minimum Gasteiger partial charge on any atom is -0.295 e. The summed E-state index contributed by atoms with van der Waals surface area (Å²) >= 11 is 0. The Morgan fingerprint density at radius 3 is 3.21 bits per heavy atom. The van der Waals surface area contributed by atoms with Gasteiger partial charge in [0.15, 0.2) is 5.78 Å². The first-order valence-electron chi connectivity index (χ1n) is 5.55. The van der Waals surface area contributed by atoms with Crippen molar-refractivity contribution >= 4 is 5.78 Å². The Balaban J connectivity index is 2.36. The summed E-state index contributed by atoms with van der Waals surface area (Å²) in [6.07, 6.45) is 9.22. The summed E-state index contributed by atoms with van der Waals surface area (Å²) < 4.78 is 0. The van der Waals surface area contributed by atoms with E-state index in [0.29, 0.717) is 11.7 Å². The zero-order valence-corrected chi connectivity index (χ0v) is 8.88. The summed E-state index contributed by atoms with van der Waals surface area (Å²) in [6, 6.07) is 0. The maximum atomic E-state index is 11.8. The molecule has 0 heterocycles. The molecule has 0 saturated heterocycles. The summed E-state index contributed by atoms with van der Waals surface area (Å²) in [6.45, 7) is 6.10. The zero-order valence-electron chi connectivity index (χ0n) is 8.88. The molecule has 0 spiro atoms. The molecule has 1 nitrogen and oxygen atoms in total. The number of hydrogen-bond acceptors (Lipinski definition) is 1. The molecule has 1 saturated carbocycles. The fraction of sp³-hybridized carbons (Fsp3) is 0.615. The highest BCUT2D eigenvalue weighted by molar-refractivity contribution is 5.98. The van der Waals surface area contributed by atoms with Gasteiger partial charge in [-0.2, -0.15) is 0 Å². The largest absolute Gasteiger partial charge is 0.295 e. The van der Waals surface area contributed by atoms with Crippen molar-refractivity contribution in [2.24, 2.45) is 11.3 Å². The molecule has 0 radical (unpaired) electrons. The smallest absolute Gasteiger partial charge is 0.159 e. The van der Waals surface area contributed by atoms with E-state index in [1.165, 1.54) is 6.42 Å². The molecule has 2 rings (SSSR count). The van der Waals surface area contributed by atoms with Crippen molar-refractivity contribution < 1.29 is 4.79 Å². The van der Waals surface area contributed by atoms with Crippen LogP contribution >= 0.6 is 0 Å². The number of allylic oxidation sites excluding steroid dienone is 3. The predicted molar refractivity (Wildman–Crippen MR) is 58.0 cm³/mol. The second-order valence-electron chi connectivity index (χ2n) is 4.68. The first kappa shape index (κ1) is 9.70. The lowest BCUT2D eigenvalue weighted by Gasteiger charge is -2.39. The van der Waals surface area contributed by atoms with Crippen LogP contribution in [0.5, 0.6) is 0 Å². The Hall–Kier alpha value is -0.850. The van der Waals surface area contributed by atoms with Crippen LogP contribution in [0.1, 0.15) is 39.0 Å². The molecular formula is C13H18O. The fourth-order valence-corrected chi connectivity index (χ4v) is 3.13. The van der Waals surface area contributed by atoms with Crippen LogP contribution < -0.4 is 0 Å². The molecule has 2 atom stereocenters. The van der Waals surface area contributed by atoms with Crippen LogP contribution in [-0.4, -0.2) is 5.78 Å². The Kier molecular flexibility index (Phi) is 2.34. The summed E-state index contributed by atoms with van der Waals surface area (Å²) in [7, 11) is 0. The first-order valence-corrected chi connectivity index (χ1v) is 5.55. The van der Waals surface area contributed by atoms with Crippen LogP contribution in [0.25, 0.3) is 0 Å². The molecule has 0 aliphatic heterocycles. The van der Waals surface area contributed by atoms with Gasteiger partial charge in [0.05, 0.1) is 0 Å². The molecular weight excluding hydrogens is 172 g/mol. The number of ketones is 1. The molecule has 0 bridgehead atoms. The SMILES string of the molecule is C=CC[C@]12CCCC(=O)C1=CC[C@@H]2C. The number of carbonyl (C=O) groups is 1. The summed E-state index contributed by atoms with van der Waals surface area (Å²) in [5.74, 6) is 1.02. The molecule has 0 unspecified atom stereocenters. The second kappa shape index (κ2) is 3.38. The third kappa shape index (κ3) is 1.18. The van der Waals surface area contributed by atoms with E-state index in [9.17, 15) is 4.79 Å². The van der Waals surface area contributed by atoms with Crippen molar-refractivity contribution in [2.75, 3.05) is 0 Å². The van der Waals surface area contributed by atoms with Gasteiger partial charge >= 0.3 is 0 Å². The van der Waals surface area contributed by atoms with Gasteiger partial charge < -0.3 is 0 Å². The molecule has 1 heteroatoms. The molecule has 0 aromatic rings. The lowest BCUT2D eigenvalue weighted by Crippen LogP contribution is -2.33. The number of rotatable bonds is 2. The second-order valence-corrected chi connectivity index (χ2v) is 4.68. The minimum atomic E-state index is 0.164. The molecule has 0 aromatic carbocycles. The third-order valence-corrected chi connectivity index (χ3v) is 3.99. The monoisotopic (exact) mass is 190 g/mol. The van der Waals surface area contributed by atoms with Crippen molar-refractivity contribution in [2.45, 2.75) is 39.0 Å². The van der Waals surface area contributed by atoms with Crippen molar-refractivity contribution in [1.82, 2.24) is 0 Å². The molecule has 2 aliphatic carbocycles. The van der Waals surface area contributed by atoms with Crippen LogP contribution in [0.4, 0.5) is 0 Å². The molecule has 0 aromatic heterocycles. The van der Waals surface area contributed by atoms with Gasteiger partial charge in [-0.3, -0.25) is 4.79 Å². The van der Waals surface area contributed by atoms with E-state index in [2.05, 4.69) is 19.6 Å². The zero-order chi connectivity index (χ0) is 10.2. The molecule has 2 aliphatic rings. The highest BCUT2D eigenvalue weighted by Gasteiger charge is 2.46. The van der Waals surface area contributed by atoms with E-state index in [1.807, 2.05) is 6.08 Å². The summed E-state index contributed by atoms with van der Waals surface area (Å²) in [5, 5.41) is 0. The topological polar surface area (TPSA) is 17.1 Å². The van der Waals surface area contributed by atoms with E-state index in [4.69, 9.17) is 0 Å². The van der Waals surface area contributed by atoms with Crippen molar-refractivity contribution in [3.8, 4) is 0 Å². The van der Waals surface area contributed by atoms with Crippen LogP contribution in [0, 0.1) is 11.3 Å². The number of carbonyl (C=O) groups excluding carboxylic acids is 1. The average molecular weight is 190 g/mol. The molecule has 14 heavy (non-hydrogen) atoms. The Morgan fingerprint density at radius 2 is 2.50 bits per heavy atom. The van der Waals surface area contributed by atoms with Crippen LogP contribution in [0.3, 0.4) is 0 Å². The maximum absolute atomic E-state index is 11.8. The van der Waals surface area contributed by atoms with Crippen LogP contribution in [0.2, 0.25) is 0 Å². The van der Waals surface area contributed by atoms with Gasteiger partial charge in [0, 0.05) is 11.8 Å². The highest BCUT2D eigenvalue weighted by atomic mass is 16.1. The molecule has 0 amide bonds. The summed E-state index contributed by atoms with van der Waals surface area (Å²) in [4.78, 5) is 11.8. The minimum absolute atomic E-state index is 0.164. The van der Waals surface area contributed by atoms with Crippen LogP contribution in [0.15, 0.2) is 24.3 Å². The van der Waals surface area contributed by atoms with E-state index in [1.54, 1.807) is 0 Å². The van der Waals surface area contributed by atoms with E-state index >= 15 is 0 Å². The fourth-order valence-electron chi connectivity index (χ4n) is 3.13. The number of fused-ring (bicyclic) bond motifs is 1. The van der Waals surface area contributed by atoms with Crippen LogP contribution in [-0.2, 0) is 4.79 Å². The third-order valence-electron chi connectivity index (χ3n) is 3.99. The van der Waals surface area contributed by atoms with Gasteiger partial charge in [-0.15, -0.1) is 6.58 Å². The Bertz CT molecular complexity index is 300. The standard InChI is InChI=1S/C13H18O/c1-3-8-13-9-4-5-12(14)11(13)7-6-10(13)2/h3,7,10H,1,4-6,8-9H2,2H3/t10-,13+/m0/s1. The lowest BCUT2D eigenvalue weighted by atomic mass is 9.64. The van der Waals surface area contributed by atoms with E-state index in [0.717, 1.165) is 31.3 Å². The van der Waals surface area contributed by atoms with Gasteiger partial charge in [-0.25, -0.2) is 0 Å². The summed E-state index contributed by atoms with van der Waals surface area (Å²) in [5.41, 5.74) is 1.29. The Labute approximate surface area is 85.9 Å².